The number of carbonyl (C=O) groups is 1. The molecule has 0 spiro atoms. The Labute approximate surface area is 187 Å². The first-order valence-corrected chi connectivity index (χ1v) is 10.1. The van der Waals surface area contributed by atoms with Crippen molar-refractivity contribution in [3.05, 3.63) is 40.3 Å². The van der Waals surface area contributed by atoms with Crippen LogP contribution >= 0.6 is 0 Å². The molecule has 1 aliphatic rings. The number of fused-ring (bicyclic) bond motifs is 1. The van der Waals surface area contributed by atoms with E-state index in [9.17, 15) is 23.9 Å². The van der Waals surface area contributed by atoms with E-state index in [0.29, 0.717) is 22.4 Å². The molecule has 0 radical (unpaired) electrons. The minimum absolute atomic E-state index is 0.0257. The van der Waals surface area contributed by atoms with Crippen molar-refractivity contribution in [2.75, 3.05) is 25.9 Å². The van der Waals surface area contributed by atoms with Gasteiger partial charge in [0.1, 0.15) is 23.6 Å². The van der Waals surface area contributed by atoms with Gasteiger partial charge < -0.3 is 20.5 Å². The van der Waals surface area contributed by atoms with Crippen molar-refractivity contribution in [3.8, 4) is 11.8 Å². The van der Waals surface area contributed by atoms with Crippen LogP contribution in [0.5, 0.6) is 5.75 Å². The number of benzene rings is 1. The van der Waals surface area contributed by atoms with Crippen LogP contribution in [-0.4, -0.2) is 56.0 Å². The fourth-order valence-corrected chi connectivity index (χ4v) is 4.34. The lowest BCUT2D eigenvalue weighted by atomic mass is 9.83. The third-order valence-corrected chi connectivity index (χ3v) is 6.07. The first-order valence-electron chi connectivity index (χ1n) is 10.1. The van der Waals surface area contributed by atoms with Crippen LogP contribution in [0.2, 0.25) is 0 Å². The Morgan fingerprint density at radius 3 is 2.67 bits per heavy atom. The second-order valence-electron chi connectivity index (χ2n) is 7.85. The standard InChI is InChI=1S/C21H21F2N7O3/c1-9-11(5-24)4-13(17(33-3)14(9)12-6-29(7-12)21(31)32)10(2)30-20-15(16(28-30)18(22)23)19(25)26-8-27-20/h4,8,10,12,18H,6-7H2,1-3H3,(H,31,32)(H2,25,26,27). The van der Waals surface area contributed by atoms with Crippen LogP contribution in [0.3, 0.4) is 0 Å². The fraction of sp³-hybridized carbons (Fsp3) is 0.381. The number of hydrogen-bond donors (Lipinski definition) is 2. The molecule has 1 amide bonds. The quantitative estimate of drug-likeness (QED) is 0.594. The summed E-state index contributed by atoms with van der Waals surface area (Å²) in [6, 6.07) is 3.13. The maximum atomic E-state index is 13.7. The lowest BCUT2D eigenvalue weighted by Gasteiger charge is -2.39. The topological polar surface area (TPSA) is 143 Å². The highest BCUT2D eigenvalue weighted by atomic mass is 19.3. The summed E-state index contributed by atoms with van der Waals surface area (Å²) in [6.45, 7) is 4.03. The molecule has 3 aromatic rings. The van der Waals surface area contributed by atoms with E-state index in [1.54, 1.807) is 19.9 Å². The molecule has 3 N–H and O–H groups in total. The monoisotopic (exact) mass is 457 g/mol. The number of nitriles is 1. The predicted octanol–water partition coefficient (Wildman–Crippen LogP) is 3.22. The summed E-state index contributed by atoms with van der Waals surface area (Å²) in [4.78, 5) is 20.4. The number of aromatic nitrogens is 4. The number of nitrogen functional groups attached to an aromatic ring is 1. The summed E-state index contributed by atoms with van der Waals surface area (Å²) in [5.41, 5.74) is 7.75. The second-order valence-corrected chi connectivity index (χ2v) is 7.85. The normalized spacial score (nSPS) is 14.9. The molecule has 0 saturated carbocycles. The van der Waals surface area contributed by atoms with Crippen LogP contribution in [0.15, 0.2) is 12.4 Å². The molecule has 10 nitrogen and oxygen atoms in total. The smallest absolute Gasteiger partial charge is 0.407 e. The molecule has 172 valence electrons. The van der Waals surface area contributed by atoms with Gasteiger partial charge in [-0.05, 0) is 25.5 Å². The zero-order valence-electron chi connectivity index (χ0n) is 18.1. The first kappa shape index (κ1) is 22.2. The largest absolute Gasteiger partial charge is 0.496 e. The van der Waals surface area contributed by atoms with Gasteiger partial charge in [-0.1, -0.05) is 0 Å². The second kappa shape index (κ2) is 8.16. The number of methoxy groups -OCH3 is 1. The van der Waals surface area contributed by atoms with E-state index in [2.05, 4.69) is 21.1 Å². The highest BCUT2D eigenvalue weighted by Crippen LogP contribution is 2.43. The summed E-state index contributed by atoms with van der Waals surface area (Å²) in [7, 11) is 1.47. The Morgan fingerprint density at radius 1 is 1.39 bits per heavy atom. The van der Waals surface area contributed by atoms with Gasteiger partial charge in [0.2, 0.25) is 0 Å². The van der Waals surface area contributed by atoms with Crippen LogP contribution in [0.1, 0.15) is 53.3 Å². The van der Waals surface area contributed by atoms with Crippen LogP contribution < -0.4 is 10.5 Å². The van der Waals surface area contributed by atoms with Crippen molar-refractivity contribution in [2.45, 2.75) is 32.2 Å². The number of hydrogen-bond acceptors (Lipinski definition) is 7. The number of anilines is 1. The van der Waals surface area contributed by atoms with Gasteiger partial charge in [0.05, 0.1) is 30.2 Å². The Bertz CT molecular complexity index is 1300. The lowest BCUT2D eigenvalue weighted by Crippen LogP contribution is -2.48. The fourth-order valence-electron chi connectivity index (χ4n) is 4.34. The molecule has 12 heteroatoms. The van der Waals surface area contributed by atoms with Crippen LogP contribution in [-0.2, 0) is 0 Å². The van der Waals surface area contributed by atoms with E-state index < -0.39 is 24.3 Å². The summed E-state index contributed by atoms with van der Waals surface area (Å²) < 4.78 is 34.4. The molecule has 1 aromatic carbocycles. The molecule has 1 atom stereocenters. The summed E-state index contributed by atoms with van der Waals surface area (Å²) in [6.07, 6.45) is -2.74. The molecule has 2 aromatic heterocycles. The SMILES string of the molecule is COc1c(C(C)n2nc(C(F)F)c3c(N)ncnc32)cc(C#N)c(C)c1C1CN(C(=O)O)C1. The number of nitrogens with two attached hydrogens (primary N) is 1. The van der Waals surface area contributed by atoms with Crippen molar-refractivity contribution in [3.63, 3.8) is 0 Å². The van der Waals surface area contributed by atoms with Crippen molar-refractivity contribution < 1.29 is 23.4 Å². The number of nitrogens with zero attached hydrogens (tertiary/aromatic N) is 6. The van der Waals surface area contributed by atoms with Gasteiger partial charge >= 0.3 is 6.09 Å². The van der Waals surface area contributed by atoms with Gasteiger partial charge in [-0.15, -0.1) is 0 Å². The highest BCUT2D eigenvalue weighted by Gasteiger charge is 2.37. The molecule has 1 saturated heterocycles. The lowest BCUT2D eigenvalue weighted by molar-refractivity contribution is 0.104. The Hall–Kier alpha value is -4.01. The zero-order valence-corrected chi connectivity index (χ0v) is 18.1. The van der Waals surface area contributed by atoms with Crippen molar-refractivity contribution in [2.24, 2.45) is 0 Å². The summed E-state index contributed by atoms with van der Waals surface area (Å²) >= 11 is 0. The number of ether oxygens (including phenoxy) is 1. The summed E-state index contributed by atoms with van der Waals surface area (Å²) in [5.74, 6) is 0.184. The van der Waals surface area contributed by atoms with Gasteiger partial charge in [0.25, 0.3) is 6.43 Å². The molecule has 4 rings (SSSR count). The van der Waals surface area contributed by atoms with E-state index in [-0.39, 0.29) is 35.9 Å². The van der Waals surface area contributed by atoms with Crippen LogP contribution in [0.4, 0.5) is 19.4 Å². The molecular weight excluding hydrogens is 436 g/mol. The van der Waals surface area contributed by atoms with E-state index in [4.69, 9.17) is 10.5 Å². The molecule has 1 aliphatic heterocycles. The first-order chi connectivity index (χ1) is 15.7. The van der Waals surface area contributed by atoms with Gasteiger partial charge in [0.15, 0.2) is 5.65 Å². The Morgan fingerprint density at radius 2 is 2.09 bits per heavy atom. The number of rotatable bonds is 5. The predicted molar refractivity (Wildman–Crippen MR) is 113 cm³/mol. The molecule has 33 heavy (non-hydrogen) atoms. The zero-order chi connectivity index (χ0) is 24.0. The summed E-state index contributed by atoms with van der Waals surface area (Å²) in [5, 5.41) is 23.0. The van der Waals surface area contributed by atoms with Gasteiger partial charge in [-0.2, -0.15) is 10.4 Å². The highest BCUT2D eigenvalue weighted by molar-refractivity contribution is 5.88. The van der Waals surface area contributed by atoms with E-state index >= 15 is 0 Å². The maximum absolute atomic E-state index is 13.7. The van der Waals surface area contributed by atoms with Crippen molar-refractivity contribution in [1.82, 2.24) is 24.6 Å². The van der Waals surface area contributed by atoms with Crippen LogP contribution in [0, 0.1) is 18.3 Å². The molecule has 1 fully saturated rings. The van der Waals surface area contributed by atoms with E-state index in [0.717, 1.165) is 5.56 Å². The molecule has 0 bridgehead atoms. The Kier molecular flexibility index (Phi) is 5.49. The van der Waals surface area contributed by atoms with Crippen LogP contribution in [0.25, 0.3) is 11.0 Å². The molecule has 3 heterocycles. The number of likely N-dealkylation sites (tertiary alicyclic amines) is 1. The maximum Gasteiger partial charge on any atom is 0.407 e. The molecule has 1 unspecified atom stereocenters. The number of halogens is 2. The minimum atomic E-state index is -2.89. The molecule has 0 aliphatic carbocycles. The average Bonchev–Trinajstić information content (AvgIpc) is 3.14. The van der Waals surface area contributed by atoms with Gasteiger partial charge in [-0.25, -0.2) is 28.2 Å². The third kappa shape index (κ3) is 3.45. The molecular formula is C21H21F2N7O3. The number of carboxylic acid groups (broad SMARTS) is 1. The van der Waals surface area contributed by atoms with Gasteiger partial charge in [0, 0.05) is 30.1 Å². The van der Waals surface area contributed by atoms with Gasteiger partial charge in [-0.3, -0.25) is 0 Å². The van der Waals surface area contributed by atoms with Crippen molar-refractivity contribution >= 4 is 22.9 Å². The minimum Gasteiger partial charge on any atom is -0.496 e. The number of amides is 1. The Balaban J connectivity index is 1.90. The third-order valence-electron chi connectivity index (χ3n) is 6.07. The average molecular weight is 457 g/mol. The van der Waals surface area contributed by atoms with Crippen molar-refractivity contribution in [1.29, 1.82) is 5.26 Å². The number of alkyl halides is 2. The van der Waals surface area contributed by atoms with E-state index in [1.165, 1.54) is 23.0 Å². The van der Waals surface area contributed by atoms with E-state index in [1.807, 2.05) is 0 Å².